The zero-order valence-electron chi connectivity index (χ0n) is 9.85. The summed E-state index contributed by atoms with van der Waals surface area (Å²) in [6.45, 7) is 0.729. The van der Waals surface area contributed by atoms with Crippen LogP contribution < -0.4 is 5.32 Å². The van der Waals surface area contributed by atoms with Gasteiger partial charge in [-0.25, -0.2) is 0 Å². The molecule has 3 rings (SSSR count). The Bertz CT molecular complexity index is 623. The first-order chi connectivity index (χ1) is 8.81. The standard InChI is InChI=1S/C15H14N2O/c18-13-7-5-11(6-8-13)10-16-15-9-12-3-1-2-4-14(12)17-15/h1-9,16-18H,10H2. The molecule has 18 heavy (non-hydrogen) atoms. The number of fused-ring (bicyclic) bond motifs is 1. The van der Waals surface area contributed by atoms with E-state index in [4.69, 9.17) is 0 Å². The van der Waals surface area contributed by atoms with Gasteiger partial charge < -0.3 is 15.4 Å². The average Bonchev–Trinajstić information content (AvgIpc) is 2.81. The van der Waals surface area contributed by atoms with E-state index < -0.39 is 0 Å². The van der Waals surface area contributed by atoms with Crippen LogP contribution >= 0.6 is 0 Å². The van der Waals surface area contributed by atoms with Crippen LogP contribution in [-0.2, 0) is 6.54 Å². The lowest BCUT2D eigenvalue weighted by atomic mass is 10.2. The van der Waals surface area contributed by atoms with Crippen molar-refractivity contribution < 1.29 is 5.11 Å². The maximum Gasteiger partial charge on any atom is 0.115 e. The lowest BCUT2D eigenvalue weighted by Crippen LogP contribution is -1.98. The summed E-state index contributed by atoms with van der Waals surface area (Å²) in [5, 5.41) is 13.7. The van der Waals surface area contributed by atoms with Gasteiger partial charge in [-0.05, 0) is 29.8 Å². The molecule has 0 saturated carbocycles. The highest BCUT2D eigenvalue weighted by Crippen LogP contribution is 2.19. The Balaban J connectivity index is 1.74. The first-order valence-corrected chi connectivity index (χ1v) is 5.91. The van der Waals surface area contributed by atoms with Crippen molar-refractivity contribution in [2.45, 2.75) is 6.54 Å². The molecule has 0 radical (unpaired) electrons. The van der Waals surface area contributed by atoms with Crippen LogP contribution in [0.1, 0.15) is 5.56 Å². The van der Waals surface area contributed by atoms with Gasteiger partial charge in [0.1, 0.15) is 11.6 Å². The number of nitrogens with one attached hydrogen (secondary N) is 2. The van der Waals surface area contributed by atoms with E-state index >= 15 is 0 Å². The van der Waals surface area contributed by atoms with E-state index in [9.17, 15) is 5.11 Å². The van der Waals surface area contributed by atoms with E-state index in [2.05, 4.69) is 28.5 Å². The maximum atomic E-state index is 9.21. The minimum Gasteiger partial charge on any atom is -0.508 e. The third-order valence-corrected chi connectivity index (χ3v) is 2.95. The second-order valence-corrected chi connectivity index (χ2v) is 4.29. The Labute approximate surface area is 105 Å². The van der Waals surface area contributed by atoms with E-state index in [1.165, 1.54) is 5.39 Å². The van der Waals surface area contributed by atoms with Crippen LogP contribution in [0.25, 0.3) is 10.9 Å². The number of aromatic amines is 1. The molecule has 1 heterocycles. The highest BCUT2D eigenvalue weighted by molar-refractivity contribution is 5.83. The fraction of sp³-hybridized carbons (Fsp3) is 0.0667. The van der Waals surface area contributed by atoms with Crippen LogP contribution in [0.3, 0.4) is 0 Å². The summed E-state index contributed by atoms with van der Waals surface area (Å²) in [6.07, 6.45) is 0. The zero-order chi connectivity index (χ0) is 12.4. The second kappa shape index (κ2) is 4.45. The van der Waals surface area contributed by atoms with Gasteiger partial charge in [-0.2, -0.15) is 0 Å². The van der Waals surface area contributed by atoms with E-state index in [1.807, 2.05) is 24.3 Å². The molecule has 3 aromatic rings. The second-order valence-electron chi connectivity index (χ2n) is 4.29. The summed E-state index contributed by atoms with van der Waals surface area (Å²) in [5.74, 6) is 1.30. The Morgan fingerprint density at radius 1 is 1.00 bits per heavy atom. The van der Waals surface area contributed by atoms with Crippen LogP contribution in [0.2, 0.25) is 0 Å². The van der Waals surface area contributed by atoms with Gasteiger partial charge in [-0.3, -0.25) is 0 Å². The predicted octanol–water partition coefficient (Wildman–Crippen LogP) is 3.49. The van der Waals surface area contributed by atoms with Crippen molar-refractivity contribution in [3.05, 3.63) is 60.2 Å². The number of para-hydroxylation sites is 1. The molecule has 0 amide bonds. The molecule has 0 atom stereocenters. The van der Waals surface area contributed by atoms with Crippen LogP contribution in [-0.4, -0.2) is 10.1 Å². The molecule has 0 aliphatic rings. The zero-order valence-corrected chi connectivity index (χ0v) is 9.85. The molecule has 0 fully saturated rings. The molecule has 0 aliphatic carbocycles. The molecule has 3 heteroatoms. The Morgan fingerprint density at radius 2 is 1.78 bits per heavy atom. The van der Waals surface area contributed by atoms with E-state index in [1.54, 1.807) is 12.1 Å². The highest BCUT2D eigenvalue weighted by Gasteiger charge is 1.99. The lowest BCUT2D eigenvalue weighted by Gasteiger charge is -2.03. The molecule has 0 aliphatic heterocycles. The number of hydrogen-bond donors (Lipinski definition) is 3. The monoisotopic (exact) mass is 238 g/mol. The molecule has 3 N–H and O–H groups in total. The number of benzene rings is 2. The third-order valence-electron chi connectivity index (χ3n) is 2.95. The van der Waals surface area contributed by atoms with Crippen molar-refractivity contribution in [3.63, 3.8) is 0 Å². The number of aromatic nitrogens is 1. The first kappa shape index (κ1) is 10.7. The third kappa shape index (κ3) is 2.15. The number of rotatable bonds is 3. The molecule has 0 saturated heterocycles. The summed E-state index contributed by atoms with van der Waals surface area (Å²) in [6, 6.07) is 17.5. The Kier molecular flexibility index (Phi) is 2.65. The van der Waals surface area contributed by atoms with Crippen LogP contribution in [0.4, 0.5) is 5.82 Å². The number of aromatic hydroxyl groups is 1. The topological polar surface area (TPSA) is 48.0 Å². The van der Waals surface area contributed by atoms with Crippen molar-refractivity contribution in [1.82, 2.24) is 4.98 Å². The fourth-order valence-electron chi connectivity index (χ4n) is 1.98. The fourth-order valence-corrected chi connectivity index (χ4v) is 1.98. The van der Waals surface area contributed by atoms with Crippen LogP contribution in [0, 0.1) is 0 Å². The number of phenols is 1. The van der Waals surface area contributed by atoms with Gasteiger partial charge in [0.2, 0.25) is 0 Å². The Morgan fingerprint density at radius 3 is 2.56 bits per heavy atom. The molecular weight excluding hydrogens is 224 g/mol. The molecule has 0 bridgehead atoms. The SMILES string of the molecule is Oc1ccc(CNc2cc3ccccc3[nH]2)cc1. The maximum absolute atomic E-state index is 9.21. The van der Waals surface area contributed by atoms with Crippen molar-refractivity contribution in [1.29, 1.82) is 0 Å². The van der Waals surface area contributed by atoms with Gasteiger partial charge in [0.15, 0.2) is 0 Å². The molecule has 0 spiro atoms. The summed E-state index contributed by atoms with van der Waals surface area (Å²) >= 11 is 0. The minimum absolute atomic E-state index is 0.296. The van der Waals surface area contributed by atoms with Gasteiger partial charge in [-0.15, -0.1) is 0 Å². The quantitative estimate of drug-likeness (QED) is 0.654. The summed E-state index contributed by atoms with van der Waals surface area (Å²) in [7, 11) is 0. The van der Waals surface area contributed by atoms with Crippen molar-refractivity contribution in [2.24, 2.45) is 0 Å². The van der Waals surface area contributed by atoms with Gasteiger partial charge in [0.05, 0.1) is 0 Å². The summed E-state index contributed by atoms with van der Waals surface area (Å²) in [5.41, 5.74) is 2.26. The molecule has 3 nitrogen and oxygen atoms in total. The van der Waals surface area contributed by atoms with Crippen LogP contribution in [0.15, 0.2) is 54.6 Å². The predicted molar refractivity (Wildman–Crippen MR) is 73.7 cm³/mol. The largest absolute Gasteiger partial charge is 0.508 e. The van der Waals surface area contributed by atoms with Gasteiger partial charge >= 0.3 is 0 Å². The molecule has 1 aromatic heterocycles. The van der Waals surface area contributed by atoms with Crippen LogP contribution in [0.5, 0.6) is 5.75 Å². The highest BCUT2D eigenvalue weighted by atomic mass is 16.3. The van der Waals surface area contributed by atoms with E-state index in [0.29, 0.717) is 5.75 Å². The van der Waals surface area contributed by atoms with E-state index in [-0.39, 0.29) is 0 Å². The molecule has 2 aromatic carbocycles. The normalized spacial score (nSPS) is 10.7. The molecular formula is C15H14N2O. The van der Waals surface area contributed by atoms with Gasteiger partial charge in [-0.1, -0.05) is 30.3 Å². The lowest BCUT2D eigenvalue weighted by molar-refractivity contribution is 0.475. The smallest absolute Gasteiger partial charge is 0.115 e. The molecule has 90 valence electrons. The number of phenolic OH excluding ortho intramolecular Hbond substituents is 1. The summed E-state index contributed by atoms with van der Waals surface area (Å²) < 4.78 is 0. The van der Waals surface area contributed by atoms with E-state index in [0.717, 1.165) is 23.4 Å². The summed E-state index contributed by atoms with van der Waals surface area (Å²) in [4.78, 5) is 3.32. The van der Waals surface area contributed by atoms with Gasteiger partial charge in [0, 0.05) is 17.4 Å². The Hall–Kier alpha value is -2.42. The number of hydrogen-bond acceptors (Lipinski definition) is 2. The van der Waals surface area contributed by atoms with Crippen molar-refractivity contribution in [3.8, 4) is 5.75 Å². The van der Waals surface area contributed by atoms with Crippen molar-refractivity contribution in [2.75, 3.05) is 5.32 Å². The minimum atomic E-state index is 0.296. The van der Waals surface area contributed by atoms with Gasteiger partial charge in [0.25, 0.3) is 0 Å². The number of anilines is 1. The van der Waals surface area contributed by atoms with Crippen molar-refractivity contribution >= 4 is 16.7 Å². The number of H-pyrrole nitrogens is 1. The average molecular weight is 238 g/mol. The first-order valence-electron chi connectivity index (χ1n) is 5.91. The molecule has 0 unspecified atom stereocenters.